The fraction of sp³-hybridized carbons (Fsp3) is 0.263. The maximum Gasteiger partial charge on any atom is 0.229 e. The van der Waals surface area contributed by atoms with Gasteiger partial charge in [-0.3, -0.25) is 9.59 Å². The van der Waals surface area contributed by atoms with Crippen LogP contribution in [0.5, 0.6) is 0 Å². The first-order valence-corrected chi connectivity index (χ1v) is 8.36. The fourth-order valence-electron chi connectivity index (χ4n) is 2.85. The molecule has 0 radical (unpaired) electrons. The first-order chi connectivity index (χ1) is 11.8. The highest BCUT2D eigenvalue weighted by molar-refractivity contribution is 6.31. The summed E-state index contributed by atoms with van der Waals surface area (Å²) in [5.41, 5.74) is 3.44. The lowest BCUT2D eigenvalue weighted by Gasteiger charge is -2.17. The topological polar surface area (TPSA) is 49.4 Å². The molecule has 0 aliphatic carbocycles. The van der Waals surface area contributed by atoms with Crippen molar-refractivity contribution in [1.82, 2.24) is 0 Å². The predicted octanol–water partition coefficient (Wildman–Crippen LogP) is 4.09. The van der Waals surface area contributed by atoms with E-state index in [0.717, 1.165) is 11.1 Å². The highest BCUT2D eigenvalue weighted by Crippen LogP contribution is 2.29. The Morgan fingerprint density at radius 1 is 1.20 bits per heavy atom. The zero-order valence-corrected chi connectivity index (χ0v) is 14.7. The van der Waals surface area contributed by atoms with Gasteiger partial charge in [-0.1, -0.05) is 17.7 Å². The molecule has 1 N–H and O–H groups in total. The van der Waals surface area contributed by atoms with Crippen LogP contribution < -0.4 is 10.2 Å². The Morgan fingerprint density at radius 2 is 1.96 bits per heavy atom. The highest BCUT2D eigenvalue weighted by atomic mass is 35.5. The third-order valence-electron chi connectivity index (χ3n) is 4.49. The summed E-state index contributed by atoms with van der Waals surface area (Å²) >= 11 is 5.78. The number of hydrogen-bond donors (Lipinski definition) is 1. The van der Waals surface area contributed by atoms with Crippen molar-refractivity contribution in [2.75, 3.05) is 16.8 Å². The van der Waals surface area contributed by atoms with Gasteiger partial charge in [0.2, 0.25) is 11.8 Å². The average Bonchev–Trinajstić information content (AvgIpc) is 2.95. The molecule has 1 atom stereocenters. The molecule has 1 aliphatic rings. The van der Waals surface area contributed by atoms with Crippen molar-refractivity contribution >= 4 is 34.8 Å². The molecule has 2 aromatic carbocycles. The van der Waals surface area contributed by atoms with Crippen molar-refractivity contribution in [3.8, 4) is 0 Å². The van der Waals surface area contributed by atoms with Crippen LogP contribution in [0.25, 0.3) is 0 Å². The van der Waals surface area contributed by atoms with Crippen LogP contribution in [-0.2, 0) is 9.59 Å². The molecule has 3 rings (SSSR count). The molecule has 1 fully saturated rings. The summed E-state index contributed by atoms with van der Waals surface area (Å²) in [6, 6.07) is 9.79. The Balaban J connectivity index is 1.71. The van der Waals surface area contributed by atoms with Gasteiger partial charge in [0.1, 0.15) is 5.82 Å². The van der Waals surface area contributed by atoms with Gasteiger partial charge in [-0.2, -0.15) is 0 Å². The van der Waals surface area contributed by atoms with Gasteiger partial charge in [0, 0.05) is 24.3 Å². The number of carbonyl (C=O) groups is 2. The van der Waals surface area contributed by atoms with Crippen LogP contribution in [0.2, 0.25) is 5.02 Å². The molecule has 0 spiro atoms. The van der Waals surface area contributed by atoms with E-state index in [0.29, 0.717) is 11.4 Å². The molecular formula is C19H18ClFN2O2. The minimum absolute atomic E-state index is 0.0478. The van der Waals surface area contributed by atoms with Crippen molar-refractivity contribution < 1.29 is 14.0 Å². The maximum absolute atomic E-state index is 13.3. The third kappa shape index (κ3) is 3.66. The fourth-order valence-corrected chi connectivity index (χ4v) is 3.02. The number of anilines is 2. The van der Waals surface area contributed by atoms with Crippen LogP contribution >= 0.6 is 11.6 Å². The first kappa shape index (κ1) is 17.4. The van der Waals surface area contributed by atoms with Crippen molar-refractivity contribution in [2.24, 2.45) is 5.92 Å². The molecule has 0 bridgehead atoms. The van der Waals surface area contributed by atoms with Gasteiger partial charge in [0.15, 0.2) is 0 Å². The second-order valence-electron chi connectivity index (χ2n) is 6.29. The molecule has 2 aromatic rings. The van der Waals surface area contributed by atoms with E-state index < -0.39 is 11.7 Å². The Kier molecular flexibility index (Phi) is 4.77. The summed E-state index contributed by atoms with van der Waals surface area (Å²) in [5, 5.41) is 2.81. The Bertz CT molecular complexity index is 853. The smallest absolute Gasteiger partial charge is 0.229 e. The van der Waals surface area contributed by atoms with Crippen LogP contribution in [0.3, 0.4) is 0 Å². The molecule has 25 heavy (non-hydrogen) atoms. The number of carbonyl (C=O) groups excluding carboxylic acids is 2. The number of aryl methyl sites for hydroxylation is 2. The standard InChI is InChI=1S/C19H18ClFN2O2/c1-11-3-4-14(7-12(11)2)22-19(25)13-8-18(24)23(10-13)15-5-6-17(21)16(20)9-15/h3-7,9,13H,8,10H2,1-2H3,(H,22,25). The molecule has 1 unspecified atom stereocenters. The summed E-state index contributed by atoms with van der Waals surface area (Å²) in [5.74, 6) is -1.38. The number of halogens is 2. The number of amides is 2. The van der Waals surface area contributed by atoms with Crippen molar-refractivity contribution in [3.05, 3.63) is 58.4 Å². The van der Waals surface area contributed by atoms with E-state index in [1.165, 1.54) is 23.1 Å². The molecule has 0 aromatic heterocycles. The van der Waals surface area contributed by atoms with Crippen LogP contribution in [0.1, 0.15) is 17.5 Å². The van der Waals surface area contributed by atoms with Crippen molar-refractivity contribution in [1.29, 1.82) is 0 Å². The molecule has 6 heteroatoms. The predicted molar refractivity (Wildman–Crippen MR) is 96.4 cm³/mol. The average molecular weight is 361 g/mol. The molecule has 1 aliphatic heterocycles. The number of benzene rings is 2. The number of nitrogens with one attached hydrogen (secondary N) is 1. The van der Waals surface area contributed by atoms with E-state index >= 15 is 0 Å². The third-order valence-corrected chi connectivity index (χ3v) is 4.77. The summed E-state index contributed by atoms with van der Waals surface area (Å²) in [6.07, 6.45) is 0.117. The van der Waals surface area contributed by atoms with Crippen LogP contribution in [-0.4, -0.2) is 18.4 Å². The largest absolute Gasteiger partial charge is 0.326 e. The lowest BCUT2D eigenvalue weighted by Crippen LogP contribution is -2.28. The molecule has 1 heterocycles. The van der Waals surface area contributed by atoms with Crippen molar-refractivity contribution in [2.45, 2.75) is 20.3 Å². The quantitative estimate of drug-likeness (QED) is 0.896. The van der Waals surface area contributed by atoms with E-state index in [1.54, 1.807) is 0 Å². The van der Waals surface area contributed by atoms with Gasteiger partial charge in [-0.05, 0) is 55.3 Å². The Hall–Kier alpha value is -2.40. The van der Waals surface area contributed by atoms with Gasteiger partial charge in [-0.15, -0.1) is 0 Å². The molecule has 2 amide bonds. The maximum atomic E-state index is 13.3. The van der Waals surface area contributed by atoms with Gasteiger partial charge in [-0.25, -0.2) is 4.39 Å². The van der Waals surface area contributed by atoms with E-state index in [-0.39, 0.29) is 29.8 Å². The van der Waals surface area contributed by atoms with Crippen LogP contribution in [0.4, 0.5) is 15.8 Å². The first-order valence-electron chi connectivity index (χ1n) is 7.98. The lowest BCUT2D eigenvalue weighted by molar-refractivity contribution is -0.122. The minimum Gasteiger partial charge on any atom is -0.326 e. The SMILES string of the molecule is Cc1ccc(NC(=O)C2CC(=O)N(c3ccc(F)c(Cl)c3)C2)cc1C. The summed E-state index contributed by atoms with van der Waals surface area (Å²) in [4.78, 5) is 26.2. The van der Waals surface area contributed by atoms with Crippen molar-refractivity contribution in [3.63, 3.8) is 0 Å². The van der Waals surface area contributed by atoms with Gasteiger partial charge >= 0.3 is 0 Å². The Labute approximate surface area is 150 Å². The monoisotopic (exact) mass is 360 g/mol. The number of nitrogens with zero attached hydrogens (tertiary/aromatic N) is 1. The molecular weight excluding hydrogens is 343 g/mol. The molecule has 4 nitrogen and oxygen atoms in total. The minimum atomic E-state index is -0.541. The highest BCUT2D eigenvalue weighted by Gasteiger charge is 2.35. The zero-order chi connectivity index (χ0) is 18.1. The number of rotatable bonds is 3. The van der Waals surface area contributed by atoms with Gasteiger partial charge in [0.25, 0.3) is 0 Å². The van der Waals surface area contributed by atoms with E-state index in [2.05, 4.69) is 5.32 Å². The van der Waals surface area contributed by atoms with Gasteiger partial charge in [0.05, 0.1) is 10.9 Å². The zero-order valence-electron chi connectivity index (χ0n) is 14.0. The number of hydrogen-bond acceptors (Lipinski definition) is 2. The lowest BCUT2D eigenvalue weighted by atomic mass is 10.1. The second-order valence-corrected chi connectivity index (χ2v) is 6.70. The van der Waals surface area contributed by atoms with E-state index in [9.17, 15) is 14.0 Å². The van der Waals surface area contributed by atoms with E-state index in [1.807, 2.05) is 32.0 Å². The molecule has 1 saturated heterocycles. The normalized spacial score (nSPS) is 17.0. The van der Waals surface area contributed by atoms with Crippen LogP contribution in [0, 0.1) is 25.6 Å². The summed E-state index contributed by atoms with van der Waals surface area (Å²) in [7, 11) is 0. The summed E-state index contributed by atoms with van der Waals surface area (Å²) in [6.45, 7) is 4.23. The second kappa shape index (κ2) is 6.84. The Morgan fingerprint density at radius 3 is 2.64 bits per heavy atom. The molecule has 130 valence electrons. The van der Waals surface area contributed by atoms with E-state index in [4.69, 9.17) is 11.6 Å². The van der Waals surface area contributed by atoms with Gasteiger partial charge < -0.3 is 10.2 Å². The summed E-state index contributed by atoms with van der Waals surface area (Å²) < 4.78 is 13.3. The van der Waals surface area contributed by atoms with Crippen LogP contribution in [0.15, 0.2) is 36.4 Å². The molecule has 0 saturated carbocycles.